The van der Waals surface area contributed by atoms with Crippen LogP contribution in [0.25, 0.3) is 0 Å². The van der Waals surface area contributed by atoms with Crippen molar-refractivity contribution in [2.75, 3.05) is 19.6 Å². The van der Waals surface area contributed by atoms with Gasteiger partial charge in [0.25, 0.3) is 0 Å². The molecule has 208 valence electrons. The number of carbonyl (C=O) groups excluding carboxylic acids is 8. The predicted octanol–water partition coefficient (Wildman–Crippen LogP) is -0.0872. The zero-order chi connectivity index (χ0) is 28.4. The molecule has 12 nitrogen and oxygen atoms in total. The first-order valence-electron chi connectivity index (χ1n) is 12.5. The second-order valence-corrected chi connectivity index (χ2v) is 8.93. The Balaban J connectivity index is 4.18. The second-order valence-electron chi connectivity index (χ2n) is 8.93. The number of amides is 4. The zero-order valence-corrected chi connectivity index (χ0v) is 22.2. The molecule has 0 aliphatic rings. The van der Waals surface area contributed by atoms with Gasteiger partial charge >= 0.3 is 0 Å². The van der Waals surface area contributed by atoms with Crippen LogP contribution < -0.4 is 21.3 Å². The van der Waals surface area contributed by atoms with Crippen LogP contribution in [-0.2, 0) is 38.4 Å². The summed E-state index contributed by atoms with van der Waals surface area (Å²) in [4.78, 5) is 93.9. The quantitative estimate of drug-likeness (QED) is 0.126. The van der Waals surface area contributed by atoms with Crippen LogP contribution in [0.4, 0.5) is 0 Å². The van der Waals surface area contributed by atoms with Crippen molar-refractivity contribution < 1.29 is 38.4 Å². The van der Waals surface area contributed by atoms with Crippen molar-refractivity contribution in [3.63, 3.8) is 0 Å². The van der Waals surface area contributed by atoms with Gasteiger partial charge < -0.3 is 21.3 Å². The molecule has 0 rings (SSSR count). The highest BCUT2D eigenvalue weighted by Gasteiger charge is 2.23. The SMILES string of the molecule is CCCCCCC(NC(=O)CCC(=O)NCC(=O)NCC(=O)NCC(=O)CC(C(C)=O)C(C)=O)C(C)=O. The first-order chi connectivity index (χ1) is 17.4. The third-order valence-electron chi connectivity index (χ3n) is 5.54. The highest BCUT2D eigenvalue weighted by molar-refractivity contribution is 6.04. The smallest absolute Gasteiger partial charge is 0.239 e. The van der Waals surface area contributed by atoms with Gasteiger partial charge in [0.15, 0.2) is 11.6 Å². The van der Waals surface area contributed by atoms with Gasteiger partial charge in [-0.3, -0.25) is 38.4 Å². The number of nitrogens with one attached hydrogen (secondary N) is 4. The molecule has 37 heavy (non-hydrogen) atoms. The summed E-state index contributed by atoms with van der Waals surface area (Å²) < 4.78 is 0. The lowest BCUT2D eigenvalue weighted by Crippen LogP contribution is -2.43. The Hall–Kier alpha value is -3.44. The zero-order valence-electron chi connectivity index (χ0n) is 22.2. The predicted molar refractivity (Wildman–Crippen MR) is 134 cm³/mol. The molecule has 0 radical (unpaired) electrons. The van der Waals surface area contributed by atoms with E-state index in [0.717, 1.165) is 25.7 Å². The summed E-state index contributed by atoms with van der Waals surface area (Å²) in [5, 5.41) is 9.52. The van der Waals surface area contributed by atoms with Gasteiger partial charge in [-0.15, -0.1) is 0 Å². The molecule has 4 N–H and O–H groups in total. The summed E-state index contributed by atoms with van der Waals surface area (Å²) in [6, 6.07) is -0.579. The summed E-state index contributed by atoms with van der Waals surface area (Å²) >= 11 is 0. The van der Waals surface area contributed by atoms with Crippen molar-refractivity contribution in [3.05, 3.63) is 0 Å². The third-order valence-corrected chi connectivity index (χ3v) is 5.54. The van der Waals surface area contributed by atoms with E-state index >= 15 is 0 Å². The van der Waals surface area contributed by atoms with E-state index < -0.39 is 72.6 Å². The van der Waals surface area contributed by atoms with Crippen molar-refractivity contribution in [1.82, 2.24) is 21.3 Å². The van der Waals surface area contributed by atoms with E-state index in [2.05, 4.69) is 28.2 Å². The topological polar surface area (TPSA) is 185 Å². The molecule has 0 aromatic rings. The molecule has 0 bridgehead atoms. The average Bonchev–Trinajstić information content (AvgIpc) is 2.83. The van der Waals surface area contributed by atoms with Gasteiger partial charge in [0.05, 0.1) is 31.6 Å². The molecule has 0 spiro atoms. The van der Waals surface area contributed by atoms with E-state index in [4.69, 9.17) is 0 Å². The van der Waals surface area contributed by atoms with Crippen LogP contribution in [0.1, 0.15) is 79.1 Å². The van der Waals surface area contributed by atoms with E-state index in [0.29, 0.717) is 6.42 Å². The average molecular weight is 525 g/mol. The minimum atomic E-state index is -1.04. The second kappa shape index (κ2) is 18.8. The minimum absolute atomic E-state index is 0.142. The summed E-state index contributed by atoms with van der Waals surface area (Å²) in [5.74, 6) is -4.84. The van der Waals surface area contributed by atoms with Gasteiger partial charge in [-0.05, 0) is 27.2 Å². The van der Waals surface area contributed by atoms with E-state index in [1.54, 1.807) is 0 Å². The van der Waals surface area contributed by atoms with Gasteiger partial charge in [-0.2, -0.15) is 0 Å². The van der Waals surface area contributed by atoms with Crippen LogP contribution in [-0.4, -0.2) is 72.4 Å². The molecular formula is C25H40N4O8. The van der Waals surface area contributed by atoms with Gasteiger partial charge in [0.2, 0.25) is 23.6 Å². The molecule has 12 heteroatoms. The Morgan fingerprint density at radius 1 is 0.595 bits per heavy atom. The number of unbranched alkanes of at least 4 members (excludes halogenated alkanes) is 3. The summed E-state index contributed by atoms with van der Waals surface area (Å²) in [6.45, 7) is 4.65. The number of Topliss-reactive ketones (excluding diaryl/α,β-unsaturated/α-hetero) is 4. The van der Waals surface area contributed by atoms with Crippen molar-refractivity contribution >= 4 is 46.8 Å². The number of ketones is 4. The lowest BCUT2D eigenvalue weighted by Gasteiger charge is -2.15. The first-order valence-corrected chi connectivity index (χ1v) is 12.5. The van der Waals surface area contributed by atoms with Crippen LogP contribution in [0.2, 0.25) is 0 Å². The summed E-state index contributed by atoms with van der Waals surface area (Å²) in [7, 11) is 0. The number of hydrogen-bond donors (Lipinski definition) is 4. The molecule has 1 atom stereocenters. The van der Waals surface area contributed by atoms with Crippen molar-refractivity contribution in [2.45, 2.75) is 85.1 Å². The number of rotatable bonds is 20. The molecule has 0 saturated heterocycles. The molecule has 4 amide bonds. The molecule has 0 heterocycles. The Bertz CT molecular complexity index is 842. The molecule has 0 aliphatic heterocycles. The summed E-state index contributed by atoms with van der Waals surface area (Å²) in [5.41, 5.74) is 0. The van der Waals surface area contributed by atoms with E-state index in [1.807, 2.05) is 0 Å². The van der Waals surface area contributed by atoms with E-state index in [1.165, 1.54) is 20.8 Å². The highest BCUT2D eigenvalue weighted by atomic mass is 16.2. The fourth-order valence-electron chi connectivity index (χ4n) is 3.29. The van der Waals surface area contributed by atoms with Crippen molar-refractivity contribution in [1.29, 1.82) is 0 Å². The third kappa shape index (κ3) is 16.8. The normalized spacial score (nSPS) is 11.3. The fourth-order valence-corrected chi connectivity index (χ4v) is 3.29. The van der Waals surface area contributed by atoms with Crippen LogP contribution in [0.5, 0.6) is 0 Å². The maximum Gasteiger partial charge on any atom is 0.239 e. The van der Waals surface area contributed by atoms with Crippen LogP contribution in [0.15, 0.2) is 0 Å². The Kier molecular flexibility index (Phi) is 17.0. The Labute approximate surface area is 217 Å². The van der Waals surface area contributed by atoms with Crippen LogP contribution in [0, 0.1) is 5.92 Å². The van der Waals surface area contributed by atoms with E-state index in [-0.39, 0.29) is 25.0 Å². The van der Waals surface area contributed by atoms with Crippen molar-refractivity contribution in [3.8, 4) is 0 Å². The maximum atomic E-state index is 12.1. The van der Waals surface area contributed by atoms with Crippen LogP contribution in [0.3, 0.4) is 0 Å². The first kappa shape index (κ1) is 33.6. The Morgan fingerprint density at radius 2 is 1.11 bits per heavy atom. The molecule has 0 aromatic heterocycles. The van der Waals surface area contributed by atoms with E-state index in [9.17, 15) is 38.4 Å². The Morgan fingerprint density at radius 3 is 1.62 bits per heavy atom. The molecule has 0 aliphatic carbocycles. The monoisotopic (exact) mass is 524 g/mol. The number of hydrogen-bond acceptors (Lipinski definition) is 8. The molecule has 0 fully saturated rings. The molecule has 0 saturated carbocycles. The van der Waals surface area contributed by atoms with Gasteiger partial charge in [-0.1, -0.05) is 32.6 Å². The lowest BCUT2D eigenvalue weighted by atomic mass is 9.95. The standard InChI is InChI=1S/C25H40N4O8/c1-5-6-7-8-9-21(18(4)32)29-23(35)11-10-22(34)27-14-25(37)28-15-24(36)26-13-19(33)12-20(16(2)30)17(3)31/h20-21H,5-15H2,1-4H3,(H,26,36)(H,27,34)(H,28,37)(H,29,35). The lowest BCUT2D eigenvalue weighted by molar-refractivity contribution is -0.134. The molecule has 1 unspecified atom stereocenters. The van der Waals surface area contributed by atoms with Gasteiger partial charge in [0.1, 0.15) is 11.6 Å². The van der Waals surface area contributed by atoms with Gasteiger partial charge in [-0.25, -0.2) is 0 Å². The summed E-state index contributed by atoms with van der Waals surface area (Å²) in [6.07, 6.45) is 3.83. The van der Waals surface area contributed by atoms with Crippen molar-refractivity contribution in [2.24, 2.45) is 5.92 Å². The fraction of sp³-hybridized carbons (Fsp3) is 0.680. The minimum Gasteiger partial charge on any atom is -0.347 e. The van der Waals surface area contributed by atoms with Gasteiger partial charge in [0, 0.05) is 19.3 Å². The highest BCUT2D eigenvalue weighted by Crippen LogP contribution is 2.08. The largest absolute Gasteiger partial charge is 0.347 e. The number of carbonyl (C=O) groups is 8. The van der Waals surface area contributed by atoms with Crippen LogP contribution >= 0.6 is 0 Å². The maximum absolute atomic E-state index is 12.1. The molecule has 0 aromatic carbocycles. The molecular weight excluding hydrogens is 484 g/mol.